The Labute approximate surface area is 128 Å². The predicted molar refractivity (Wildman–Crippen MR) is 88.5 cm³/mol. The zero-order valence-corrected chi connectivity index (χ0v) is 14.3. The third kappa shape index (κ3) is 4.14. The Morgan fingerprint density at radius 3 is 2.70 bits per heavy atom. The van der Waals surface area contributed by atoms with Crippen LogP contribution in [0.5, 0.6) is 0 Å². The van der Waals surface area contributed by atoms with Crippen LogP contribution in [0.3, 0.4) is 0 Å². The summed E-state index contributed by atoms with van der Waals surface area (Å²) in [6.07, 6.45) is 5.32. The van der Waals surface area contributed by atoms with Gasteiger partial charge in [-0.3, -0.25) is 4.99 Å². The van der Waals surface area contributed by atoms with E-state index < -0.39 is 0 Å². The number of ether oxygens (including phenoxy) is 1. The van der Waals surface area contributed by atoms with E-state index in [0.29, 0.717) is 11.5 Å². The fourth-order valence-corrected chi connectivity index (χ4v) is 4.20. The van der Waals surface area contributed by atoms with Crippen molar-refractivity contribution in [1.82, 2.24) is 5.32 Å². The first-order valence-corrected chi connectivity index (χ1v) is 9.10. The Morgan fingerprint density at radius 1 is 1.40 bits per heavy atom. The molecule has 1 unspecified atom stereocenters. The Balaban J connectivity index is 1.94. The van der Waals surface area contributed by atoms with E-state index in [1.165, 1.54) is 31.4 Å². The van der Waals surface area contributed by atoms with Crippen LogP contribution in [-0.2, 0) is 4.74 Å². The van der Waals surface area contributed by atoms with Crippen LogP contribution >= 0.6 is 11.8 Å². The van der Waals surface area contributed by atoms with Crippen LogP contribution < -0.4 is 5.32 Å². The molecule has 1 aliphatic heterocycles. The summed E-state index contributed by atoms with van der Waals surface area (Å²) in [5.74, 6) is 2.62. The van der Waals surface area contributed by atoms with Gasteiger partial charge in [-0.15, -0.1) is 0 Å². The van der Waals surface area contributed by atoms with Gasteiger partial charge in [0.25, 0.3) is 0 Å². The first-order chi connectivity index (χ1) is 9.54. The molecule has 0 amide bonds. The molecule has 116 valence electrons. The van der Waals surface area contributed by atoms with E-state index in [9.17, 15) is 0 Å². The highest BCUT2D eigenvalue weighted by Crippen LogP contribution is 2.38. The molecule has 1 saturated heterocycles. The minimum absolute atomic E-state index is 0.280. The number of aliphatic imine (C=N–C) groups is 1. The van der Waals surface area contributed by atoms with Gasteiger partial charge in [0.05, 0.1) is 12.6 Å². The van der Waals surface area contributed by atoms with E-state index in [0.717, 1.165) is 24.3 Å². The Hall–Kier alpha value is -0.220. The second-order valence-electron chi connectivity index (χ2n) is 6.78. The second kappa shape index (κ2) is 7.17. The number of amidine groups is 1. The highest BCUT2D eigenvalue weighted by Gasteiger charge is 2.39. The van der Waals surface area contributed by atoms with E-state index >= 15 is 0 Å². The molecule has 2 rings (SSSR count). The lowest BCUT2D eigenvalue weighted by Crippen LogP contribution is -2.46. The minimum atomic E-state index is 0.280. The van der Waals surface area contributed by atoms with Crippen LogP contribution in [0, 0.1) is 11.8 Å². The van der Waals surface area contributed by atoms with Crippen molar-refractivity contribution in [3.05, 3.63) is 0 Å². The maximum Gasteiger partial charge on any atom is 0.157 e. The lowest BCUT2D eigenvalue weighted by atomic mass is 9.78. The fourth-order valence-electron chi connectivity index (χ4n) is 2.93. The van der Waals surface area contributed by atoms with Gasteiger partial charge in [-0.05, 0) is 44.4 Å². The summed E-state index contributed by atoms with van der Waals surface area (Å²) in [6, 6.07) is 0.280. The van der Waals surface area contributed by atoms with E-state index in [2.05, 4.69) is 26.1 Å². The van der Waals surface area contributed by atoms with E-state index in [1.54, 1.807) is 0 Å². The molecule has 4 heteroatoms. The number of nitrogens with zero attached hydrogens (tertiary/aromatic N) is 1. The molecule has 1 saturated carbocycles. The van der Waals surface area contributed by atoms with Crippen molar-refractivity contribution in [1.29, 1.82) is 0 Å². The van der Waals surface area contributed by atoms with Gasteiger partial charge in [0.1, 0.15) is 0 Å². The van der Waals surface area contributed by atoms with Crippen LogP contribution in [0.4, 0.5) is 0 Å². The van der Waals surface area contributed by atoms with E-state index in [-0.39, 0.29) is 6.04 Å². The van der Waals surface area contributed by atoms with Gasteiger partial charge >= 0.3 is 0 Å². The van der Waals surface area contributed by atoms with Crippen molar-refractivity contribution in [2.75, 3.05) is 19.0 Å². The number of rotatable bonds is 5. The van der Waals surface area contributed by atoms with Gasteiger partial charge in [0.2, 0.25) is 0 Å². The molecule has 1 aliphatic carbocycles. The van der Waals surface area contributed by atoms with Crippen LogP contribution in [0.15, 0.2) is 4.99 Å². The smallest absolute Gasteiger partial charge is 0.157 e. The molecule has 1 heterocycles. The average Bonchev–Trinajstić information content (AvgIpc) is 2.81. The normalized spacial score (nSPS) is 33.9. The molecule has 0 aromatic carbocycles. The average molecular weight is 298 g/mol. The number of nitrogens with one attached hydrogen (secondary N) is 1. The zero-order chi connectivity index (χ0) is 14.6. The molecule has 2 aliphatic rings. The zero-order valence-electron chi connectivity index (χ0n) is 13.4. The monoisotopic (exact) mass is 298 g/mol. The van der Waals surface area contributed by atoms with Crippen molar-refractivity contribution >= 4 is 16.9 Å². The van der Waals surface area contributed by atoms with E-state index in [1.807, 2.05) is 18.7 Å². The minimum Gasteiger partial charge on any atom is -0.380 e. The first-order valence-electron chi connectivity index (χ1n) is 8.11. The van der Waals surface area contributed by atoms with Gasteiger partial charge in [0, 0.05) is 17.9 Å². The Kier molecular flexibility index (Phi) is 5.79. The quantitative estimate of drug-likeness (QED) is 0.840. The van der Waals surface area contributed by atoms with Crippen molar-refractivity contribution in [2.24, 2.45) is 16.8 Å². The summed E-state index contributed by atoms with van der Waals surface area (Å²) >= 11 is 1.91. The third-order valence-corrected chi connectivity index (χ3v) is 5.81. The fraction of sp³-hybridized carbons (Fsp3) is 0.938. The van der Waals surface area contributed by atoms with E-state index in [4.69, 9.17) is 9.73 Å². The largest absolute Gasteiger partial charge is 0.380 e. The van der Waals surface area contributed by atoms with Crippen LogP contribution in [0.1, 0.15) is 53.4 Å². The molecular formula is C16H30N2OS. The molecule has 0 radical (unpaired) electrons. The van der Waals surface area contributed by atoms with Crippen molar-refractivity contribution in [3.8, 4) is 0 Å². The molecule has 20 heavy (non-hydrogen) atoms. The molecule has 1 N–H and O–H groups in total. The summed E-state index contributed by atoms with van der Waals surface area (Å²) in [7, 11) is 0. The van der Waals surface area contributed by atoms with Gasteiger partial charge in [-0.2, -0.15) is 0 Å². The van der Waals surface area contributed by atoms with Crippen LogP contribution in [0.2, 0.25) is 0 Å². The van der Waals surface area contributed by atoms with Crippen molar-refractivity contribution < 1.29 is 4.74 Å². The molecule has 0 aromatic heterocycles. The summed E-state index contributed by atoms with van der Waals surface area (Å²) in [6.45, 7) is 10.4. The molecular weight excluding hydrogens is 268 g/mol. The van der Waals surface area contributed by atoms with Gasteiger partial charge in [-0.1, -0.05) is 32.5 Å². The highest BCUT2D eigenvalue weighted by molar-refractivity contribution is 8.14. The molecule has 2 fully saturated rings. The number of hydrogen-bond donors (Lipinski definition) is 1. The molecule has 0 bridgehead atoms. The van der Waals surface area contributed by atoms with Crippen LogP contribution in [0.25, 0.3) is 0 Å². The van der Waals surface area contributed by atoms with Gasteiger partial charge < -0.3 is 10.1 Å². The van der Waals surface area contributed by atoms with Crippen LogP contribution in [-0.4, -0.2) is 35.7 Å². The molecule has 1 atom stereocenters. The topological polar surface area (TPSA) is 33.6 Å². The van der Waals surface area contributed by atoms with Crippen molar-refractivity contribution in [2.45, 2.75) is 65.0 Å². The first kappa shape index (κ1) is 16.2. The lowest BCUT2D eigenvalue weighted by Gasteiger charge is -2.35. The lowest BCUT2D eigenvalue weighted by molar-refractivity contribution is 0.122. The summed E-state index contributed by atoms with van der Waals surface area (Å²) in [4.78, 5) is 4.92. The predicted octanol–water partition coefficient (Wildman–Crippen LogP) is 3.69. The maximum absolute atomic E-state index is 5.57. The molecule has 3 nitrogen and oxygen atoms in total. The molecule has 0 aromatic rings. The standard InChI is InChI=1S/C16H30N2OS/c1-5-19-10-14(12(2)3)17-15-18-16(11-20-15)8-6-13(4)7-9-16/h12-14H,5-11H2,1-4H3,(H,17,18). The number of thioether (sulfide) groups is 1. The summed E-state index contributed by atoms with van der Waals surface area (Å²) < 4.78 is 5.57. The Morgan fingerprint density at radius 2 is 2.10 bits per heavy atom. The summed E-state index contributed by atoms with van der Waals surface area (Å²) in [5, 5.41) is 4.90. The van der Waals surface area contributed by atoms with Gasteiger partial charge in [0.15, 0.2) is 5.17 Å². The second-order valence-corrected chi connectivity index (χ2v) is 7.75. The number of hydrogen-bond acceptors (Lipinski definition) is 3. The SMILES string of the molecule is CCOCC(N=C1NC2(CCC(C)CC2)CS1)C(C)C. The third-order valence-electron chi connectivity index (χ3n) is 4.63. The molecule has 1 spiro atoms. The Bertz CT molecular complexity index is 335. The van der Waals surface area contributed by atoms with Gasteiger partial charge in [-0.25, -0.2) is 0 Å². The highest BCUT2D eigenvalue weighted by atomic mass is 32.2. The maximum atomic E-state index is 5.57. The van der Waals surface area contributed by atoms with Crippen molar-refractivity contribution in [3.63, 3.8) is 0 Å². The summed E-state index contributed by atoms with van der Waals surface area (Å²) in [5.41, 5.74) is 0.336.